The molecule has 2 aromatic rings. The summed E-state index contributed by atoms with van der Waals surface area (Å²) in [6, 6.07) is 11.4. The summed E-state index contributed by atoms with van der Waals surface area (Å²) >= 11 is 0. The Morgan fingerprint density at radius 1 is 1.19 bits per heavy atom. The first-order valence-electron chi connectivity index (χ1n) is 10.4. The maximum absolute atomic E-state index is 12.2. The Bertz CT molecular complexity index is 814. The Hall–Kier alpha value is -2.27. The first-order valence-corrected chi connectivity index (χ1v) is 10.4. The van der Waals surface area contributed by atoms with Crippen molar-refractivity contribution < 1.29 is 18.7 Å². The van der Waals surface area contributed by atoms with Crippen LogP contribution in [0.2, 0.25) is 0 Å². The zero-order chi connectivity index (χ0) is 21.0. The predicted octanol–water partition coefficient (Wildman–Crippen LogP) is 3.18. The Balaban J connectivity index is 0.00000341. The molecule has 0 spiro atoms. The maximum atomic E-state index is 12.2. The zero-order valence-electron chi connectivity index (χ0n) is 17.8. The number of hydrogen-bond donors (Lipinski definition) is 2. The van der Waals surface area contributed by atoms with Crippen molar-refractivity contribution in [3.63, 3.8) is 0 Å². The number of hydrogen-bond acceptors (Lipinski definition) is 5. The van der Waals surface area contributed by atoms with Gasteiger partial charge in [0.25, 0.3) is 5.91 Å². The van der Waals surface area contributed by atoms with Crippen LogP contribution in [0.4, 0.5) is 5.69 Å². The van der Waals surface area contributed by atoms with E-state index >= 15 is 0 Å². The van der Waals surface area contributed by atoms with E-state index in [1.807, 2.05) is 43.3 Å². The third-order valence-corrected chi connectivity index (χ3v) is 4.54. The Morgan fingerprint density at radius 2 is 2.06 bits per heavy atom. The van der Waals surface area contributed by atoms with Crippen molar-refractivity contribution in [3.8, 4) is 5.75 Å². The molecule has 0 fully saturated rings. The second kappa shape index (κ2) is 13.9. The summed E-state index contributed by atoms with van der Waals surface area (Å²) in [6.45, 7) is 6.05. The number of halogens is 1. The molecule has 3 rings (SSSR count). The van der Waals surface area contributed by atoms with Crippen molar-refractivity contribution in [1.82, 2.24) is 10.6 Å². The molecule has 0 aliphatic carbocycles. The number of amides is 1. The second-order valence-corrected chi connectivity index (χ2v) is 6.83. The molecule has 0 atom stereocenters. The number of ether oxygens (including phenoxy) is 2. The monoisotopic (exact) mass is 542 g/mol. The van der Waals surface area contributed by atoms with E-state index in [1.165, 1.54) is 0 Å². The van der Waals surface area contributed by atoms with Crippen molar-refractivity contribution >= 4 is 41.5 Å². The van der Waals surface area contributed by atoms with E-state index in [1.54, 1.807) is 11.2 Å². The van der Waals surface area contributed by atoms with Crippen LogP contribution in [0, 0.1) is 0 Å². The van der Waals surface area contributed by atoms with Crippen LogP contribution in [0.25, 0.3) is 0 Å². The van der Waals surface area contributed by atoms with Crippen LogP contribution in [0.15, 0.2) is 52.1 Å². The van der Waals surface area contributed by atoms with E-state index < -0.39 is 0 Å². The molecule has 0 radical (unpaired) electrons. The number of nitrogens with zero attached hydrogens (tertiary/aromatic N) is 2. The summed E-state index contributed by atoms with van der Waals surface area (Å²) in [4.78, 5) is 18.6. The molecule has 0 unspecified atom stereocenters. The van der Waals surface area contributed by atoms with E-state index in [2.05, 4.69) is 15.6 Å². The van der Waals surface area contributed by atoms with Gasteiger partial charge in [-0.3, -0.25) is 9.79 Å². The molecule has 9 heteroatoms. The van der Waals surface area contributed by atoms with Crippen molar-refractivity contribution in [2.24, 2.45) is 4.99 Å². The van der Waals surface area contributed by atoms with E-state index in [-0.39, 0.29) is 36.5 Å². The first-order chi connectivity index (χ1) is 14.8. The Kier molecular flexibility index (Phi) is 11.2. The molecule has 1 aromatic carbocycles. The molecule has 0 saturated heterocycles. The number of furan rings is 1. The van der Waals surface area contributed by atoms with Gasteiger partial charge in [0.15, 0.2) is 12.6 Å². The minimum atomic E-state index is -0.0164. The quantitative estimate of drug-likeness (QED) is 0.196. The van der Waals surface area contributed by atoms with Crippen LogP contribution >= 0.6 is 24.0 Å². The van der Waals surface area contributed by atoms with E-state index in [0.29, 0.717) is 26.3 Å². The standard InChI is InChI=1S/C22H30N4O4.HI/c1-2-23-22(25-12-7-14-28-16-18-8-5-15-29-18)24-11-6-13-26-19-9-3-4-10-20(19)30-17-21(26)27;/h3-5,8-10,15H,2,6-7,11-14,16-17H2,1H3,(H2,23,24,25);1H. The molecule has 170 valence electrons. The fourth-order valence-electron chi connectivity index (χ4n) is 3.11. The van der Waals surface area contributed by atoms with Crippen LogP contribution < -0.4 is 20.3 Å². The van der Waals surface area contributed by atoms with Crippen LogP contribution in [-0.4, -0.2) is 51.3 Å². The van der Waals surface area contributed by atoms with Gasteiger partial charge in [0.1, 0.15) is 18.1 Å². The van der Waals surface area contributed by atoms with Crippen LogP contribution in [0.3, 0.4) is 0 Å². The van der Waals surface area contributed by atoms with Gasteiger partial charge in [-0.2, -0.15) is 0 Å². The Labute approximate surface area is 200 Å². The van der Waals surface area contributed by atoms with E-state index in [9.17, 15) is 4.79 Å². The molecule has 1 aromatic heterocycles. The lowest BCUT2D eigenvalue weighted by atomic mass is 10.2. The van der Waals surface area contributed by atoms with Gasteiger partial charge >= 0.3 is 0 Å². The highest BCUT2D eigenvalue weighted by molar-refractivity contribution is 14.0. The highest BCUT2D eigenvalue weighted by atomic mass is 127. The number of carbonyl (C=O) groups excluding carboxylic acids is 1. The molecule has 0 bridgehead atoms. The lowest BCUT2D eigenvalue weighted by Gasteiger charge is -2.29. The van der Waals surface area contributed by atoms with Crippen molar-refractivity contribution in [2.45, 2.75) is 26.4 Å². The number of anilines is 1. The fraction of sp³-hybridized carbons (Fsp3) is 0.455. The van der Waals surface area contributed by atoms with E-state index in [4.69, 9.17) is 13.9 Å². The lowest BCUT2D eigenvalue weighted by Crippen LogP contribution is -2.40. The van der Waals surface area contributed by atoms with Gasteiger partial charge in [-0.25, -0.2) is 0 Å². The van der Waals surface area contributed by atoms with Gasteiger partial charge in [-0.1, -0.05) is 12.1 Å². The van der Waals surface area contributed by atoms with Gasteiger partial charge in [-0.05, 0) is 44.0 Å². The van der Waals surface area contributed by atoms with Gasteiger partial charge in [0, 0.05) is 32.8 Å². The minimum absolute atomic E-state index is 0. The Morgan fingerprint density at radius 3 is 2.87 bits per heavy atom. The summed E-state index contributed by atoms with van der Waals surface area (Å²) in [6.07, 6.45) is 3.28. The second-order valence-electron chi connectivity index (χ2n) is 6.83. The highest BCUT2D eigenvalue weighted by Crippen LogP contribution is 2.31. The molecule has 2 heterocycles. The van der Waals surface area contributed by atoms with Crippen LogP contribution in [0.1, 0.15) is 25.5 Å². The maximum Gasteiger partial charge on any atom is 0.265 e. The SMILES string of the molecule is CCNC(=NCCCN1C(=O)COc2ccccc21)NCCCOCc1ccco1.I. The summed E-state index contributed by atoms with van der Waals surface area (Å²) in [5.74, 6) is 2.35. The molecule has 31 heavy (non-hydrogen) atoms. The number of carbonyl (C=O) groups is 1. The van der Waals surface area contributed by atoms with Crippen molar-refractivity contribution in [2.75, 3.05) is 44.3 Å². The minimum Gasteiger partial charge on any atom is -0.482 e. The number of para-hydroxylation sites is 2. The van der Waals surface area contributed by atoms with Gasteiger partial charge in [-0.15, -0.1) is 24.0 Å². The summed E-state index contributed by atoms with van der Waals surface area (Å²) < 4.78 is 16.3. The summed E-state index contributed by atoms with van der Waals surface area (Å²) in [5, 5.41) is 6.55. The number of benzene rings is 1. The predicted molar refractivity (Wildman–Crippen MR) is 131 cm³/mol. The topological polar surface area (TPSA) is 88.3 Å². The number of rotatable bonds is 11. The highest BCUT2D eigenvalue weighted by Gasteiger charge is 2.24. The normalized spacial score (nSPS) is 13.3. The zero-order valence-corrected chi connectivity index (χ0v) is 20.2. The van der Waals surface area contributed by atoms with Crippen LogP contribution in [-0.2, 0) is 16.1 Å². The lowest BCUT2D eigenvalue weighted by molar-refractivity contribution is -0.121. The average molecular weight is 542 g/mol. The largest absolute Gasteiger partial charge is 0.482 e. The van der Waals surface area contributed by atoms with Gasteiger partial charge in [0.2, 0.25) is 0 Å². The third-order valence-electron chi connectivity index (χ3n) is 4.54. The molecule has 1 aliphatic rings. The number of nitrogens with one attached hydrogen (secondary N) is 2. The van der Waals surface area contributed by atoms with E-state index in [0.717, 1.165) is 49.1 Å². The molecule has 1 aliphatic heterocycles. The molecule has 8 nitrogen and oxygen atoms in total. The fourth-order valence-corrected chi connectivity index (χ4v) is 3.11. The third kappa shape index (κ3) is 8.06. The van der Waals surface area contributed by atoms with Crippen molar-refractivity contribution in [1.29, 1.82) is 0 Å². The number of guanidine groups is 1. The average Bonchev–Trinajstić information content (AvgIpc) is 3.28. The molecular formula is C22H31IN4O4. The number of aliphatic imine (C=N–C) groups is 1. The number of fused-ring (bicyclic) bond motifs is 1. The van der Waals surface area contributed by atoms with Gasteiger partial charge in [0.05, 0.1) is 12.0 Å². The van der Waals surface area contributed by atoms with Crippen LogP contribution in [0.5, 0.6) is 5.75 Å². The van der Waals surface area contributed by atoms with Crippen molar-refractivity contribution in [3.05, 3.63) is 48.4 Å². The first kappa shape index (κ1) is 25.0. The molecule has 0 saturated carbocycles. The summed E-state index contributed by atoms with van der Waals surface area (Å²) in [7, 11) is 0. The smallest absolute Gasteiger partial charge is 0.265 e. The molecular weight excluding hydrogens is 511 g/mol. The molecule has 1 amide bonds. The van der Waals surface area contributed by atoms with Gasteiger partial charge < -0.3 is 29.4 Å². The molecule has 2 N–H and O–H groups in total. The summed E-state index contributed by atoms with van der Waals surface area (Å²) in [5.41, 5.74) is 0.831.